The van der Waals surface area contributed by atoms with Crippen molar-refractivity contribution in [3.8, 4) is 0 Å². The first-order chi connectivity index (χ1) is 8.17. The molecular formula is C14H29ClN2. The smallest absolute Gasteiger partial charge is 0.0405 e. The van der Waals surface area contributed by atoms with Gasteiger partial charge in [0.05, 0.1) is 0 Å². The number of likely N-dealkylation sites (tertiary alicyclic amines) is 1. The molecule has 0 saturated carbocycles. The van der Waals surface area contributed by atoms with Crippen molar-refractivity contribution in [3.63, 3.8) is 0 Å². The minimum atomic E-state index is 0.162. The molecule has 3 heteroatoms. The predicted octanol–water partition coefficient (Wildman–Crippen LogP) is 3.25. The van der Waals surface area contributed by atoms with Gasteiger partial charge in [0.1, 0.15) is 0 Å². The number of rotatable bonds is 7. The van der Waals surface area contributed by atoms with Gasteiger partial charge in [0.2, 0.25) is 0 Å². The summed E-state index contributed by atoms with van der Waals surface area (Å²) in [5.74, 6) is 0.723. The van der Waals surface area contributed by atoms with Crippen LogP contribution in [0.15, 0.2) is 0 Å². The molecule has 1 heterocycles. The number of nitrogens with one attached hydrogen (secondary N) is 1. The van der Waals surface area contributed by atoms with Crippen molar-refractivity contribution in [1.29, 1.82) is 0 Å². The molecule has 0 aromatic carbocycles. The number of nitrogens with zero attached hydrogens (tertiary/aromatic N) is 1. The first-order valence-electron chi connectivity index (χ1n) is 7.18. The summed E-state index contributed by atoms with van der Waals surface area (Å²) in [6.07, 6.45) is 7.63. The zero-order valence-electron chi connectivity index (χ0n) is 11.8. The third-order valence-corrected chi connectivity index (χ3v) is 5.02. The maximum Gasteiger partial charge on any atom is 0.0405 e. The Morgan fingerprint density at radius 3 is 2.53 bits per heavy atom. The molecule has 0 aromatic heterocycles. The summed E-state index contributed by atoms with van der Waals surface area (Å²) in [6, 6.07) is 0.776. The molecule has 0 amide bonds. The van der Waals surface area contributed by atoms with Gasteiger partial charge in [0.25, 0.3) is 0 Å². The Kier molecular flexibility index (Phi) is 6.83. The van der Waals surface area contributed by atoms with Crippen molar-refractivity contribution < 1.29 is 0 Å². The number of piperidine rings is 1. The summed E-state index contributed by atoms with van der Waals surface area (Å²) in [4.78, 5) is 2.52. The molecule has 1 unspecified atom stereocenters. The van der Waals surface area contributed by atoms with Gasteiger partial charge in [-0.3, -0.25) is 0 Å². The van der Waals surface area contributed by atoms with E-state index in [4.69, 9.17) is 11.6 Å². The van der Waals surface area contributed by atoms with Crippen LogP contribution < -0.4 is 5.32 Å². The number of halogens is 1. The maximum atomic E-state index is 6.10. The Labute approximate surface area is 112 Å². The Morgan fingerprint density at radius 2 is 2.00 bits per heavy atom. The van der Waals surface area contributed by atoms with E-state index < -0.39 is 0 Å². The van der Waals surface area contributed by atoms with Gasteiger partial charge in [-0.05, 0) is 52.2 Å². The van der Waals surface area contributed by atoms with E-state index in [0.717, 1.165) is 31.3 Å². The predicted molar refractivity (Wildman–Crippen MR) is 76.9 cm³/mol. The lowest BCUT2D eigenvalue weighted by atomic mass is 9.94. The molecule has 1 fully saturated rings. The third kappa shape index (κ3) is 4.42. The van der Waals surface area contributed by atoms with Crippen LogP contribution in [0.25, 0.3) is 0 Å². The average molecular weight is 261 g/mol. The van der Waals surface area contributed by atoms with Crippen LogP contribution in [0.5, 0.6) is 0 Å². The third-order valence-electron chi connectivity index (χ3n) is 4.51. The van der Waals surface area contributed by atoms with Gasteiger partial charge >= 0.3 is 0 Å². The molecule has 1 atom stereocenters. The second-order valence-corrected chi connectivity index (χ2v) is 5.73. The Bertz CT molecular complexity index is 196. The Morgan fingerprint density at radius 1 is 1.29 bits per heavy atom. The summed E-state index contributed by atoms with van der Waals surface area (Å²) >= 11 is 6.10. The first kappa shape index (κ1) is 15.3. The van der Waals surface area contributed by atoms with Gasteiger partial charge in [-0.25, -0.2) is 0 Å². The van der Waals surface area contributed by atoms with Crippen LogP contribution in [0.3, 0.4) is 0 Å². The first-order valence-corrected chi connectivity index (χ1v) is 7.72. The molecule has 0 spiro atoms. The topological polar surface area (TPSA) is 15.3 Å². The van der Waals surface area contributed by atoms with E-state index in [0.29, 0.717) is 0 Å². The van der Waals surface area contributed by atoms with Crippen molar-refractivity contribution in [2.75, 3.05) is 26.0 Å². The highest BCUT2D eigenvalue weighted by Gasteiger charge is 2.25. The van der Waals surface area contributed by atoms with E-state index in [1.165, 1.54) is 32.2 Å². The Balaban J connectivity index is 2.30. The fourth-order valence-corrected chi connectivity index (χ4v) is 3.22. The fraction of sp³-hybridized carbons (Fsp3) is 1.00. The molecule has 1 saturated heterocycles. The van der Waals surface area contributed by atoms with Gasteiger partial charge < -0.3 is 10.2 Å². The summed E-state index contributed by atoms with van der Waals surface area (Å²) < 4.78 is 0. The summed E-state index contributed by atoms with van der Waals surface area (Å²) in [7, 11) is 2.26. The number of hydrogen-bond acceptors (Lipinski definition) is 2. The standard InChI is InChI=1S/C14H29ClN2/c1-4-14(5-2,12-15)16-10-9-13-8-6-7-11-17(13)3/h13,16H,4-12H2,1-3H3. The number of alkyl halides is 1. The van der Waals surface area contributed by atoms with E-state index in [2.05, 4.69) is 31.1 Å². The zero-order chi connectivity index (χ0) is 12.7. The SMILES string of the molecule is CCC(CC)(CCl)NCCC1CCCCN1C. The molecule has 0 bridgehead atoms. The van der Waals surface area contributed by atoms with E-state index in [-0.39, 0.29) is 5.54 Å². The molecule has 0 aliphatic carbocycles. The van der Waals surface area contributed by atoms with Crippen LogP contribution in [-0.4, -0.2) is 42.5 Å². The highest BCUT2D eigenvalue weighted by atomic mass is 35.5. The molecule has 102 valence electrons. The number of hydrogen-bond donors (Lipinski definition) is 1. The van der Waals surface area contributed by atoms with Crippen LogP contribution >= 0.6 is 11.6 Å². The van der Waals surface area contributed by atoms with Crippen LogP contribution in [0.1, 0.15) is 52.4 Å². The minimum Gasteiger partial charge on any atom is -0.310 e. The largest absolute Gasteiger partial charge is 0.310 e. The van der Waals surface area contributed by atoms with E-state index in [1.54, 1.807) is 0 Å². The molecule has 17 heavy (non-hydrogen) atoms. The van der Waals surface area contributed by atoms with E-state index >= 15 is 0 Å². The van der Waals surface area contributed by atoms with Crippen molar-refractivity contribution >= 4 is 11.6 Å². The van der Waals surface area contributed by atoms with Crippen molar-refractivity contribution in [3.05, 3.63) is 0 Å². The van der Waals surface area contributed by atoms with Crippen molar-refractivity contribution in [2.24, 2.45) is 0 Å². The van der Waals surface area contributed by atoms with Gasteiger partial charge in [-0.15, -0.1) is 11.6 Å². The molecule has 0 radical (unpaired) electrons. The van der Waals surface area contributed by atoms with E-state index in [9.17, 15) is 0 Å². The molecule has 1 N–H and O–H groups in total. The minimum absolute atomic E-state index is 0.162. The van der Waals surface area contributed by atoms with Crippen LogP contribution in [0.4, 0.5) is 0 Å². The summed E-state index contributed by atoms with van der Waals surface area (Å²) in [6.45, 7) is 6.83. The van der Waals surface area contributed by atoms with Crippen molar-refractivity contribution in [1.82, 2.24) is 10.2 Å². The van der Waals surface area contributed by atoms with Gasteiger partial charge in [0.15, 0.2) is 0 Å². The molecule has 1 rings (SSSR count). The Hall–Kier alpha value is 0.210. The second-order valence-electron chi connectivity index (χ2n) is 5.47. The van der Waals surface area contributed by atoms with Gasteiger partial charge in [-0.1, -0.05) is 20.3 Å². The van der Waals surface area contributed by atoms with Crippen LogP contribution in [-0.2, 0) is 0 Å². The highest BCUT2D eigenvalue weighted by molar-refractivity contribution is 6.18. The summed E-state index contributed by atoms with van der Waals surface area (Å²) in [5, 5.41) is 3.69. The lowest BCUT2D eigenvalue weighted by Crippen LogP contribution is -2.48. The molecule has 1 aliphatic heterocycles. The molecular weight excluding hydrogens is 232 g/mol. The fourth-order valence-electron chi connectivity index (χ4n) is 2.75. The van der Waals surface area contributed by atoms with Crippen LogP contribution in [0, 0.1) is 0 Å². The molecule has 0 aromatic rings. The molecule has 1 aliphatic rings. The zero-order valence-corrected chi connectivity index (χ0v) is 12.5. The summed E-state index contributed by atoms with van der Waals surface area (Å²) in [5.41, 5.74) is 0.162. The van der Waals surface area contributed by atoms with E-state index in [1.807, 2.05) is 0 Å². The second kappa shape index (κ2) is 7.60. The highest BCUT2D eigenvalue weighted by Crippen LogP contribution is 2.20. The molecule has 2 nitrogen and oxygen atoms in total. The average Bonchev–Trinajstić information content (AvgIpc) is 2.37. The lowest BCUT2D eigenvalue weighted by molar-refractivity contribution is 0.170. The van der Waals surface area contributed by atoms with Crippen LogP contribution in [0.2, 0.25) is 0 Å². The van der Waals surface area contributed by atoms with Crippen molar-refractivity contribution in [2.45, 2.75) is 64.0 Å². The maximum absolute atomic E-state index is 6.10. The monoisotopic (exact) mass is 260 g/mol. The lowest BCUT2D eigenvalue weighted by Gasteiger charge is -2.35. The van der Waals surface area contributed by atoms with Gasteiger partial charge in [0, 0.05) is 17.5 Å². The normalized spacial score (nSPS) is 22.9. The quantitative estimate of drug-likeness (QED) is 0.707. The van der Waals surface area contributed by atoms with Gasteiger partial charge in [-0.2, -0.15) is 0 Å².